The first-order valence-electron chi connectivity index (χ1n) is 10.6. The third-order valence-corrected chi connectivity index (χ3v) is 7.26. The molecule has 1 heterocycles. The molecular weight excluding hydrogens is 598 g/mol. The molecule has 0 bridgehead atoms. The molecule has 2 N–H and O–H groups in total. The molecule has 0 radical (unpaired) electrons. The Labute approximate surface area is 224 Å². The SMILES string of the molecule is CCCCOc1cccc(C(=O)NC(=S)Nc2c(Br)cc(Br)cc2-c2nc3ccccc3s2)c1. The second-order valence-electron chi connectivity index (χ2n) is 7.44. The van der Waals surface area contributed by atoms with Gasteiger partial charge in [-0.25, -0.2) is 4.98 Å². The number of ether oxygens (including phenoxy) is 1. The zero-order valence-corrected chi connectivity index (χ0v) is 23.0. The molecule has 1 amide bonds. The fourth-order valence-corrected chi connectivity index (χ4v) is 5.75. The summed E-state index contributed by atoms with van der Waals surface area (Å²) in [5.74, 6) is 0.349. The van der Waals surface area contributed by atoms with E-state index in [1.165, 1.54) is 0 Å². The summed E-state index contributed by atoms with van der Waals surface area (Å²) in [6.45, 7) is 2.72. The van der Waals surface area contributed by atoms with E-state index >= 15 is 0 Å². The normalized spacial score (nSPS) is 10.8. The van der Waals surface area contributed by atoms with E-state index in [-0.39, 0.29) is 11.0 Å². The molecule has 0 saturated heterocycles. The lowest BCUT2D eigenvalue weighted by Gasteiger charge is -2.15. The Hall–Kier alpha value is -2.33. The summed E-state index contributed by atoms with van der Waals surface area (Å²) < 4.78 is 8.49. The van der Waals surface area contributed by atoms with Gasteiger partial charge in [0.25, 0.3) is 5.91 Å². The Kier molecular flexibility index (Phi) is 8.31. The van der Waals surface area contributed by atoms with Gasteiger partial charge in [0.15, 0.2) is 5.11 Å². The van der Waals surface area contributed by atoms with Crippen molar-refractivity contribution in [2.75, 3.05) is 11.9 Å². The molecule has 3 aromatic carbocycles. The average molecular weight is 619 g/mol. The number of hydrogen-bond acceptors (Lipinski definition) is 5. The lowest BCUT2D eigenvalue weighted by atomic mass is 10.2. The number of para-hydroxylation sites is 1. The van der Waals surface area contributed by atoms with Gasteiger partial charge in [0.05, 0.1) is 22.5 Å². The Balaban J connectivity index is 1.53. The quantitative estimate of drug-likeness (QED) is 0.163. The average Bonchev–Trinajstić information content (AvgIpc) is 3.25. The van der Waals surface area contributed by atoms with E-state index in [2.05, 4.69) is 49.4 Å². The number of carbonyl (C=O) groups excluding carboxylic acids is 1. The number of fused-ring (bicyclic) bond motifs is 1. The van der Waals surface area contributed by atoms with E-state index < -0.39 is 0 Å². The summed E-state index contributed by atoms with van der Waals surface area (Å²) in [4.78, 5) is 17.6. The number of halogens is 2. The van der Waals surface area contributed by atoms with E-state index in [1.807, 2.05) is 42.5 Å². The van der Waals surface area contributed by atoms with Crippen LogP contribution in [0.15, 0.2) is 69.6 Å². The number of nitrogens with zero attached hydrogens (tertiary/aromatic N) is 1. The molecule has 0 saturated carbocycles. The van der Waals surface area contributed by atoms with Crippen LogP contribution < -0.4 is 15.4 Å². The molecule has 4 aromatic rings. The molecule has 0 aliphatic carbocycles. The number of benzene rings is 3. The van der Waals surface area contributed by atoms with Gasteiger partial charge < -0.3 is 10.1 Å². The molecule has 0 fully saturated rings. The number of rotatable bonds is 7. The van der Waals surface area contributed by atoms with Gasteiger partial charge in [0.1, 0.15) is 10.8 Å². The first-order valence-corrected chi connectivity index (χ1v) is 13.5. The Morgan fingerprint density at radius 1 is 1.12 bits per heavy atom. The van der Waals surface area contributed by atoms with E-state index in [9.17, 15) is 4.79 Å². The number of aromatic nitrogens is 1. The zero-order chi connectivity index (χ0) is 24.1. The minimum Gasteiger partial charge on any atom is -0.494 e. The van der Waals surface area contributed by atoms with E-state index in [0.717, 1.165) is 48.3 Å². The molecule has 0 atom stereocenters. The fourth-order valence-electron chi connectivity index (χ4n) is 3.24. The van der Waals surface area contributed by atoms with Crippen molar-refractivity contribution in [3.63, 3.8) is 0 Å². The molecule has 4 rings (SSSR count). The van der Waals surface area contributed by atoms with E-state index in [4.69, 9.17) is 21.9 Å². The first-order chi connectivity index (χ1) is 16.4. The predicted molar refractivity (Wildman–Crippen MR) is 151 cm³/mol. The number of thiazole rings is 1. The molecule has 0 unspecified atom stereocenters. The van der Waals surface area contributed by atoms with E-state index in [0.29, 0.717) is 17.9 Å². The number of amides is 1. The molecule has 9 heteroatoms. The fraction of sp³-hybridized carbons (Fsp3) is 0.160. The van der Waals surface area contributed by atoms with Crippen molar-refractivity contribution in [1.29, 1.82) is 0 Å². The summed E-state index contributed by atoms with van der Waals surface area (Å²) in [6.07, 6.45) is 2.01. The minimum absolute atomic E-state index is 0.188. The molecule has 0 aliphatic heterocycles. The van der Waals surface area contributed by atoms with Gasteiger partial charge in [-0.3, -0.25) is 10.1 Å². The zero-order valence-electron chi connectivity index (χ0n) is 18.2. The predicted octanol–water partition coefficient (Wildman–Crippen LogP) is 7.79. The van der Waals surface area contributed by atoms with Crippen molar-refractivity contribution < 1.29 is 9.53 Å². The number of carbonyl (C=O) groups is 1. The Bertz CT molecular complexity index is 1320. The van der Waals surface area contributed by atoms with Crippen molar-refractivity contribution >= 4 is 82.3 Å². The van der Waals surface area contributed by atoms with Gasteiger partial charge in [-0.1, -0.05) is 47.5 Å². The van der Waals surface area contributed by atoms with Gasteiger partial charge >= 0.3 is 0 Å². The van der Waals surface area contributed by atoms with Gasteiger partial charge in [0, 0.05) is 20.1 Å². The van der Waals surface area contributed by atoms with Crippen LogP contribution >= 0.6 is 55.4 Å². The standard InChI is InChI=1S/C25H21Br2N3O2S2/c1-2-3-11-32-17-8-6-7-15(12-17)23(31)30-25(33)29-22-18(13-16(26)14-19(22)27)24-28-20-9-4-5-10-21(20)34-24/h4-10,12-14H,2-3,11H2,1H3,(H2,29,30,31,33). The molecule has 5 nitrogen and oxygen atoms in total. The van der Waals surface area contributed by atoms with Crippen LogP contribution in [0.3, 0.4) is 0 Å². The molecule has 0 aliphatic rings. The second kappa shape index (κ2) is 11.4. The molecule has 34 heavy (non-hydrogen) atoms. The van der Waals surface area contributed by atoms with Gasteiger partial charge in [-0.15, -0.1) is 11.3 Å². The summed E-state index contributed by atoms with van der Waals surface area (Å²) in [5, 5.41) is 6.97. The number of unbranched alkanes of at least 4 members (excludes halogenated alkanes) is 1. The van der Waals surface area contributed by atoms with Gasteiger partial charge in [0.2, 0.25) is 0 Å². The largest absolute Gasteiger partial charge is 0.494 e. The summed E-state index contributed by atoms with van der Waals surface area (Å²) in [5.41, 5.74) is 3.00. The maximum absolute atomic E-state index is 12.8. The van der Waals surface area contributed by atoms with Crippen molar-refractivity contribution in [1.82, 2.24) is 10.3 Å². The van der Waals surface area contributed by atoms with Crippen LogP contribution in [0.5, 0.6) is 5.75 Å². The maximum Gasteiger partial charge on any atom is 0.257 e. The van der Waals surface area contributed by atoms with Crippen LogP contribution in [0.2, 0.25) is 0 Å². The summed E-state index contributed by atoms with van der Waals surface area (Å²) >= 11 is 14.2. The van der Waals surface area contributed by atoms with Gasteiger partial charge in [-0.05, 0) is 77.0 Å². The topological polar surface area (TPSA) is 63.2 Å². The third kappa shape index (κ3) is 6.02. The second-order valence-corrected chi connectivity index (χ2v) is 10.6. The van der Waals surface area contributed by atoms with Gasteiger partial charge in [-0.2, -0.15) is 0 Å². The van der Waals surface area contributed by atoms with E-state index in [1.54, 1.807) is 29.5 Å². The summed E-state index contributed by atoms with van der Waals surface area (Å²) in [7, 11) is 0. The first kappa shape index (κ1) is 24.8. The van der Waals surface area contributed by atoms with Crippen LogP contribution in [0.4, 0.5) is 5.69 Å². The number of hydrogen-bond donors (Lipinski definition) is 2. The highest BCUT2D eigenvalue weighted by Gasteiger charge is 2.17. The Morgan fingerprint density at radius 2 is 1.94 bits per heavy atom. The van der Waals surface area contributed by atoms with Crippen molar-refractivity contribution in [3.8, 4) is 16.3 Å². The lowest BCUT2D eigenvalue weighted by molar-refractivity contribution is 0.0977. The Morgan fingerprint density at radius 3 is 2.74 bits per heavy atom. The van der Waals surface area contributed by atoms with Crippen LogP contribution in [0, 0.1) is 0 Å². The molecule has 174 valence electrons. The number of anilines is 1. The third-order valence-electron chi connectivity index (χ3n) is 4.91. The van der Waals surface area contributed by atoms with Crippen LogP contribution in [0.1, 0.15) is 30.1 Å². The smallest absolute Gasteiger partial charge is 0.257 e. The van der Waals surface area contributed by atoms with Crippen LogP contribution in [-0.4, -0.2) is 22.6 Å². The minimum atomic E-state index is -0.312. The van der Waals surface area contributed by atoms with Crippen molar-refractivity contribution in [3.05, 3.63) is 75.2 Å². The monoisotopic (exact) mass is 617 g/mol. The molecular formula is C25H21Br2N3O2S2. The highest BCUT2D eigenvalue weighted by Crippen LogP contribution is 2.40. The maximum atomic E-state index is 12.8. The highest BCUT2D eigenvalue weighted by molar-refractivity contribution is 9.11. The van der Waals surface area contributed by atoms with Crippen molar-refractivity contribution in [2.24, 2.45) is 0 Å². The summed E-state index contributed by atoms with van der Waals surface area (Å²) in [6, 6.07) is 19.0. The highest BCUT2D eigenvalue weighted by atomic mass is 79.9. The molecule has 1 aromatic heterocycles. The molecule has 0 spiro atoms. The number of nitrogens with one attached hydrogen (secondary N) is 2. The lowest BCUT2D eigenvalue weighted by Crippen LogP contribution is -2.34. The van der Waals surface area contributed by atoms with Crippen molar-refractivity contribution in [2.45, 2.75) is 19.8 Å². The number of thiocarbonyl (C=S) groups is 1. The van der Waals surface area contributed by atoms with Crippen LogP contribution in [-0.2, 0) is 0 Å². The van der Waals surface area contributed by atoms with Crippen LogP contribution in [0.25, 0.3) is 20.8 Å².